The molecule has 4 aromatic rings. The summed E-state index contributed by atoms with van der Waals surface area (Å²) in [5, 5.41) is 7.83. The van der Waals surface area contributed by atoms with Crippen LogP contribution in [0.1, 0.15) is 62.7 Å². The van der Waals surface area contributed by atoms with Gasteiger partial charge in [0.25, 0.3) is 5.91 Å². The third kappa shape index (κ3) is 5.41. The van der Waals surface area contributed by atoms with Crippen LogP contribution in [0.2, 0.25) is 0 Å². The number of anilines is 2. The van der Waals surface area contributed by atoms with E-state index < -0.39 is 0 Å². The van der Waals surface area contributed by atoms with Crippen molar-refractivity contribution >= 4 is 44.7 Å². The fourth-order valence-electron chi connectivity index (χ4n) is 5.10. The Labute approximate surface area is 227 Å². The number of carbonyl (C=O) groups is 2. The van der Waals surface area contributed by atoms with Crippen LogP contribution in [0.15, 0.2) is 54.6 Å². The third-order valence-corrected chi connectivity index (χ3v) is 8.43. The van der Waals surface area contributed by atoms with E-state index in [1.165, 1.54) is 11.3 Å². The van der Waals surface area contributed by atoms with Crippen molar-refractivity contribution < 1.29 is 9.59 Å². The number of hydrogen-bond donors (Lipinski definition) is 2. The summed E-state index contributed by atoms with van der Waals surface area (Å²) in [5.41, 5.74) is 1.85. The quantitative estimate of drug-likeness (QED) is 0.297. The molecule has 1 aliphatic rings. The van der Waals surface area contributed by atoms with Crippen molar-refractivity contribution in [2.45, 2.75) is 51.6 Å². The summed E-state index contributed by atoms with van der Waals surface area (Å²) in [4.78, 5) is 38.6. The third-order valence-electron chi connectivity index (χ3n) is 7.16. The molecule has 5 rings (SSSR count). The molecular formula is C30H33N5O2S. The Morgan fingerprint density at radius 2 is 1.55 bits per heavy atom. The molecule has 38 heavy (non-hydrogen) atoms. The lowest BCUT2D eigenvalue weighted by Crippen LogP contribution is -2.40. The van der Waals surface area contributed by atoms with Crippen LogP contribution in [0, 0.1) is 13.8 Å². The number of benzene rings is 2. The highest BCUT2D eigenvalue weighted by molar-refractivity contribution is 7.21. The molecule has 0 bridgehead atoms. The maximum atomic E-state index is 13.6. The fraction of sp³-hybridized carbons (Fsp3) is 0.333. The Kier molecular flexibility index (Phi) is 7.42. The first kappa shape index (κ1) is 25.9. The number of amides is 1. The van der Waals surface area contributed by atoms with Crippen LogP contribution in [0.4, 0.5) is 11.6 Å². The molecule has 0 radical (unpaired) electrons. The predicted octanol–water partition coefficient (Wildman–Crippen LogP) is 5.76. The monoisotopic (exact) mass is 527 g/mol. The lowest BCUT2D eigenvalue weighted by molar-refractivity contribution is 0.0917. The number of hydrogen-bond acceptors (Lipinski definition) is 7. The van der Waals surface area contributed by atoms with Gasteiger partial charge in [0.15, 0.2) is 0 Å². The fourth-order valence-corrected chi connectivity index (χ4v) is 6.26. The minimum absolute atomic E-state index is 0.0687. The van der Waals surface area contributed by atoms with Gasteiger partial charge in [0.05, 0.1) is 10.4 Å². The van der Waals surface area contributed by atoms with Gasteiger partial charge in [0.1, 0.15) is 17.5 Å². The predicted molar refractivity (Wildman–Crippen MR) is 155 cm³/mol. The second-order valence-electron chi connectivity index (χ2n) is 10.1. The Morgan fingerprint density at radius 3 is 2.26 bits per heavy atom. The van der Waals surface area contributed by atoms with Gasteiger partial charge in [-0.15, -0.1) is 11.3 Å². The number of carbonyl (C=O) groups excluding carboxylic acids is 2. The second kappa shape index (κ2) is 10.9. The van der Waals surface area contributed by atoms with Gasteiger partial charge in [-0.1, -0.05) is 36.4 Å². The molecule has 0 aliphatic heterocycles. The first-order chi connectivity index (χ1) is 18.3. The van der Waals surface area contributed by atoms with Crippen LogP contribution in [0.25, 0.3) is 10.1 Å². The SMILES string of the molecule is Cc1nc(NC2CCC(NC(=O)c3ccccc3C(=O)c3sc4ccccc4c3C)CC2)cc(N(C)C)n1. The lowest BCUT2D eigenvalue weighted by atomic mass is 9.90. The molecule has 1 saturated carbocycles. The van der Waals surface area contributed by atoms with Crippen LogP contribution in [-0.2, 0) is 0 Å². The zero-order valence-corrected chi connectivity index (χ0v) is 23.1. The van der Waals surface area contributed by atoms with Crippen molar-refractivity contribution in [3.05, 3.63) is 82.0 Å². The Balaban J connectivity index is 1.24. The number of ketones is 1. The maximum absolute atomic E-state index is 13.6. The van der Waals surface area contributed by atoms with Crippen molar-refractivity contribution in [3.8, 4) is 0 Å². The summed E-state index contributed by atoms with van der Waals surface area (Å²) in [6, 6.07) is 17.5. The number of thiophene rings is 1. The highest BCUT2D eigenvalue weighted by Gasteiger charge is 2.26. The normalized spacial score (nSPS) is 17.3. The molecule has 1 amide bonds. The topological polar surface area (TPSA) is 87.2 Å². The standard InChI is InChI=1S/C30H33N5O2S/c1-18-22-9-7-8-12-25(22)38-29(18)28(36)23-10-5-6-11-24(23)30(37)34-21-15-13-20(14-16-21)33-26-17-27(35(3)4)32-19(2)31-26/h5-12,17,20-21H,13-16H2,1-4H3,(H,34,37)(H,31,32,33). The van der Waals surface area contributed by atoms with E-state index in [4.69, 9.17) is 0 Å². The van der Waals surface area contributed by atoms with E-state index in [1.54, 1.807) is 12.1 Å². The smallest absolute Gasteiger partial charge is 0.252 e. The second-order valence-corrected chi connectivity index (χ2v) is 11.2. The summed E-state index contributed by atoms with van der Waals surface area (Å²) in [6.07, 6.45) is 3.57. The summed E-state index contributed by atoms with van der Waals surface area (Å²) in [5.74, 6) is 2.15. The average molecular weight is 528 g/mol. The van der Waals surface area contributed by atoms with Gasteiger partial charge in [0.2, 0.25) is 5.78 Å². The average Bonchev–Trinajstić information content (AvgIpc) is 3.25. The van der Waals surface area contributed by atoms with Crippen molar-refractivity contribution in [1.29, 1.82) is 0 Å². The summed E-state index contributed by atoms with van der Waals surface area (Å²) in [7, 11) is 3.93. The molecule has 0 saturated heterocycles. The zero-order chi connectivity index (χ0) is 26.8. The first-order valence-electron chi connectivity index (χ1n) is 13.0. The first-order valence-corrected chi connectivity index (χ1v) is 13.8. The van der Waals surface area contributed by atoms with Crippen molar-refractivity contribution in [1.82, 2.24) is 15.3 Å². The van der Waals surface area contributed by atoms with Crippen LogP contribution < -0.4 is 15.5 Å². The molecule has 0 atom stereocenters. The molecule has 1 fully saturated rings. The van der Waals surface area contributed by atoms with E-state index in [0.717, 1.165) is 58.8 Å². The molecule has 1 aliphatic carbocycles. The van der Waals surface area contributed by atoms with E-state index >= 15 is 0 Å². The number of aromatic nitrogens is 2. The van der Waals surface area contributed by atoms with Gasteiger partial charge >= 0.3 is 0 Å². The van der Waals surface area contributed by atoms with Gasteiger partial charge in [-0.05, 0) is 62.6 Å². The number of aryl methyl sites for hydroxylation is 2. The van der Waals surface area contributed by atoms with E-state index in [0.29, 0.717) is 16.0 Å². The van der Waals surface area contributed by atoms with E-state index in [-0.39, 0.29) is 23.8 Å². The lowest BCUT2D eigenvalue weighted by Gasteiger charge is -2.30. The summed E-state index contributed by atoms with van der Waals surface area (Å²) < 4.78 is 1.08. The minimum Gasteiger partial charge on any atom is -0.367 e. The molecule has 196 valence electrons. The van der Waals surface area contributed by atoms with Gasteiger partial charge in [0, 0.05) is 42.5 Å². The number of fused-ring (bicyclic) bond motifs is 1. The van der Waals surface area contributed by atoms with E-state index in [2.05, 4.69) is 20.6 Å². The molecule has 7 nitrogen and oxygen atoms in total. The molecule has 2 aromatic heterocycles. The van der Waals surface area contributed by atoms with Crippen LogP contribution in [-0.4, -0.2) is 47.8 Å². The largest absolute Gasteiger partial charge is 0.367 e. The number of rotatable bonds is 7. The van der Waals surface area contributed by atoms with Crippen molar-refractivity contribution in [2.24, 2.45) is 0 Å². The summed E-state index contributed by atoms with van der Waals surface area (Å²) >= 11 is 1.49. The number of nitrogens with zero attached hydrogens (tertiary/aromatic N) is 3. The molecule has 2 N–H and O–H groups in total. The van der Waals surface area contributed by atoms with Crippen LogP contribution in [0.3, 0.4) is 0 Å². The van der Waals surface area contributed by atoms with Crippen molar-refractivity contribution in [3.63, 3.8) is 0 Å². The van der Waals surface area contributed by atoms with Gasteiger partial charge in [-0.3, -0.25) is 9.59 Å². The minimum atomic E-state index is -0.189. The molecular weight excluding hydrogens is 494 g/mol. The molecule has 2 heterocycles. The molecule has 2 aromatic carbocycles. The highest BCUT2D eigenvalue weighted by atomic mass is 32.1. The van der Waals surface area contributed by atoms with Gasteiger partial charge < -0.3 is 15.5 Å². The Hall–Kier alpha value is -3.78. The van der Waals surface area contributed by atoms with Crippen LogP contribution in [0.5, 0.6) is 0 Å². The van der Waals surface area contributed by atoms with Crippen molar-refractivity contribution in [2.75, 3.05) is 24.3 Å². The Bertz CT molecular complexity index is 1490. The molecule has 0 unspecified atom stereocenters. The van der Waals surface area contributed by atoms with Gasteiger partial charge in [-0.25, -0.2) is 9.97 Å². The van der Waals surface area contributed by atoms with Crippen LogP contribution >= 0.6 is 11.3 Å². The van der Waals surface area contributed by atoms with E-state index in [1.807, 2.05) is 75.3 Å². The zero-order valence-electron chi connectivity index (χ0n) is 22.2. The number of nitrogens with one attached hydrogen (secondary N) is 2. The van der Waals surface area contributed by atoms with Gasteiger partial charge in [-0.2, -0.15) is 0 Å². The summed E-state index contributed by atoms with van der Waals surface area (Å²) in [6.45, 7) is 3.88. The molecule has 0 spiro atoms. The van der Waals surface area contributed by atoms with E-state index in [9.17, 15) is 9.59 Å². The molecule has 8 heteroatoms. The maximum Gasteiger partial charge on any atom is 0.252 e. The Morgan fingerprint density at radius 1 is 0.895 bits per heavy atom. The highest BCUT2D eigenvalue weighted by Crippen LogP contribution is 2.33.